The monoisotopic (exact) mass is 495 g/mol. The van der Waals surface area contributed by atoms with Crippen LogP contribution in [0.1, 0.15) is 32.3 Å². The quantitative estimate of drug-likeness (QED) is 0.160. The first-order valence-electron chi connectivity index (χ1n) is 10.8. The van der Waals surface area contributed by atoms with Gasteiger partial charge in [-0.05, 0) is 17.9 Å². The molecule has 0 spiro atoms. The molecule has 4 unspecified atom stereocenters. The topological polar surface area (TPSA) is 194 Å². The van der Waals surface area contributed by atoms with Gasteiger partial charge in [-0.15, -0.1) is 0 Å². The number of aliphatic carboxylic acids is 1. The van der Waals surface area contributed by atoms with Crippen LogP contribution in [-0.2, 0) is 30.4 Å². The molecule has 12 heteroatoms. The van der Waals surface area contributed by atoms with Crippen molar-refractivity contribution in [1.82, 2.24) is 16.0 Å². The maximum absolute atomic E-state index is 12.9. The number of carbonyl (C=O) groups excluding carboxylic acids is 4. The van der Waals surface area contributed by atoms with Gasteiger partial charge in [0, 0.05) is 18.6 Å². The van der Waals surface area contributed by atoms with E-state index in [0.717, 1.165) is 5.56 Å². The van der Waals surface area contributed by atoms with Crippen molar-refractivity contribution in [2.75, 3.05) is 5.75 Å². The van der Waals surface area contributed by atoms with E-state index >= 15 is 0 Å². The SMILES string of the molecule is CC(C)C(NC(=O)C(Cc1ccccc1)NC(=O)C(CS)NC(=O)C(N)CCC(N)=O)C(=O)O. The summed E-state index contributed by atoms with van der Waals surface area (Å²) in [6.07, 6.45) is 0.00729. The van der Waals surface area contributed by atoms with Crippen LogP contribution in [0.15, 0.2) is 30.3 Å². The molecule has 0 saturated heterocycles. The van der Waals surface area contributed by atoms with Gasteiger partial charge < -0.3 is 32.5 Å². The van der Waals surface area contributed by atoms with Crippen LogP contribution in [0.25, 0.3) is 0 Å². The minimum absolute atomic E-state index is 0.00684. The van der Waals surface area contributed by atoms with Crippen LogP contribution < -0.4 is 27.4 Å². The van der Waals surface area contributed by atoms with E-state index in [1.165, 1.54) is 0 Å². The third-order valence-electron chi connectivity index (χ3n) is 5.00. The highest BCUT2D eigenvalue weighted by molar-refractivity contribution is 7.80. The Morgan fingerprint density at radius 3 is 2.00 bits per heavy atom. The van der Waals surface area contributed by atoms with Crippen molar-refractivity contribution in [2.24, 2.45) is 17.4 Å². The Balaban J connectivity index is 2.97. The molecule has 0 aliphatic heterocycles. The molecule has 1 rings (SSSR count). The molecule has 0 radical (unpaired) electrons. The zero-order valence-corrected chi connectivity index (χ0v) is 20.1. The van der Waals surface area contributed by atoms with Crippen molar-refractivity contribution < 1.29 is 29.1 Å². The molecular formula is C22H33N5O6S. The van der Waals surface area contributed by atoms with Crippen LogP contribution in [0.4, 0.5) is 0 Å². The second-order valence-electron chi connectivity index (χ2n) is 8.17. The fourth-order valence-corrected chi connectivity index (χ4v) is 3.26. The molecule has 0 aliphatic carbocycles. The average molecular weight is 496 g/mol. The van der Waals surface area contributed by atoms with Gasteiger partial charge in [0.25, 0.3) is 0 Å². The molecule has 188 valence electrons. The van der Waals surface area contributed by atoms with Crippen molar-refractivity contribution in [2.45, 2.75) is 57.3 Å². The highest BCUT2D eigenvalue weighted by Gasteiger charge is 2.31. The molecule has 1 aromatic carbocycles. The first-order chi connectivity index (χ1) is 16.0. The first-order valence-corrected chi connectivity index (χ1v) is 11.4. The van der Waals surface area contributed by atoms with Crippen LogP contribution in [0.3, 0.4) is 0 Å². The summed E-state index contributed by atoms with van der Waals surface area (Å²) in [5.41, 5.74) is 11.5. The number of thiol groups is 1. The first kappa shape index (κ1) is 28.9. The van der Waals surface area contributed by atoms with Crippen LogP contribution in [0, 0.1) is 5.92 Å². The predicted molar refractivity (Wildman–Crippen MR) is 129 cm³/mol. The summed E-state index contributed by atoms with van der Waals surface area (Å²) in [6, 6.07) is 4.41. The fourth-order valence-electron chi connectivity index (χ4n) is 3.00. The molecule has 0 bridgehead atoms. The highest BCUT2D eigenvalue weighted by atomic mass is 32.1. The van der Waals surface area contributed by atoms with Gasteiger partial charge >= 0.3 is 5.97 Å². The lowest BCUT2D eigenvalue weighted by Crippen LogP contribution is -2.58. The lowest BCUT2D eigenvalue weighted by molar-refractivity contribution is -0.143. The van der Waals surface area contributed by atoms with E-state index in [9.17, 15) is 29.1 Å². The average Bonchev–Trinajstić information content (AvgIpc) is 2.78. The molecule has 0 fully saturated rings. The Morgan fingerprint density at radius 1 is 0.941 bits per heavy atom. The van der Waals surface area contributed by atoms with Gasteiger partial charge in [-0.2, -0.15) is 12.6 Å². The summed E-state index contributed by atoms with van der Waals surface area (Å²) in [5, 5.41) is 16.9. The lowest BCUT2D eigenvalue weighted by atomic mass is 10.0. The van der Waals surface area contributed by atoms with E-state index in [4.69, 9.17) is 11.5 Å². The number of carbonyl (C=O) groups is 5. The van der Waals surface area contributed by atoms with Gasteiger partial charge in [0.2, 0.25) is 23.6 Å². The van der Waals surface area contributed by atoms with E-state index in [1.54, 1.807) is 44.2 Å². The predicted octanol–water partition coefficient (Wildman–Crippen LogP) is -1.05. The summed E-state index contributed by atoms with van der Waals surface area (Å²) in [6.45, 7) is 3.30. The number of primary amides is 1. The molecule has 1 aromatic rings. The van der Waals surface area contributed by atoms with Crippen LogP contribution >= 0.6 is 12.6 Å². The minimum Gasteiger partial charge on any atom is -0.480 e. The maximum atomic E-state index is 12.9. The van der Waals surface area contributed by atoms with Gasteiger partial charge in [0.15, 0.2) is 0 Å². The standard InChI is InChI=1S/C22H33N5O6S/c1-12(2)18(22(32)33)27-20(30)15(10-13-6-4-3-5-7-13)25-21(31)16(11-34)26-19(29)14(23)8-9-17(24)28/h3-7,12,14-16,18,34H,8-11,23H2,1-2H3,(H2,24,28)(H,25,31)(H,26,29)(H,27,30)(H,32,33). The van der Waals surface area contributed by atoms with E-state index < -0.39 is 53.8 Å². The zero-order chi connectivity index (χ0) is 25.8. The second-order valence-corrected chi connectivity index (χ2v) is 8.54. The number of rotatable bonds is 14. The van der Waals surface area contributed by atoms with E-state index in [-0.39, 0.29) is 30.9 Å². The largest absolute Gasteiger partial charge is 0.480 e. The van der Waals surface area contributed by atoms with Crippen molar-refractivity contribution in [3.05, 3.63) is 35.9 Å². The molecule has 0 aliphatic rings. The Morgan fingerprint density at radius 2 is 1.50 bits per heavy atom. The summed E-state index contributed by atoms with van der Waals surface area (Å²) in [5.74, 6) is -4.34. The summed E-state index contributed by atoms with van der Waals surface area (Å²) >= 11 is 4.10. The molecule has 34 heavy (non-hydrogen) atoms. The van der Waals surface area contributed by atoms with E-state index in [2.05, 4.69) is 28.6 Å². The van der Waals surface area contributed by atoms with E-state index in [0.29, 0.717) is 0 Å². The number of benzene rings is 1. The molecule has 0 saturated carbocycles. The number of hydrogen-bond donors (Lipinski definition) is 7. The van der Waals surface area contributed by atoms with Crippen LogP contribution in [0.2, 0.25) is 0 Å². The second kappa shape index (κ2) is 14.2. The summed E-state index contributed by atoms with van der Waals surface area (Å²) in [7, 11) is 0. The number of nitrogens with two attached hydrogens (primary N) is 2. The van der Waals surface area contributed by atoms with Crippen molar-refractivity contribution in [1.29, 1.82) is 0 Å². The van der Waals surface area contributed by atoms with Crippen molar-refractivity contribution >= 4 is 42.2 Å². The molecule has 11 nitrogen and oxygen atoms in total. The minimum atomic E-state index is -1.20. The number of carboxylic acids is 1. The van der Waals surface area contributed by atoms with E-state index in [1.807, 2.05) is 0 Å². The zero-order valence-electron chi connectivity index (χ0n) is 19.2. The Kier molecular flexibility index (Phi) is 12.1. The molecule has 4 amide bonds. The van der Waals surface area contributed by atoms with Crippen molar-refractivity contribution in [3.8, 4) is 0 Å². The van der Waals surface area contributed by atoms with Gasteiger partial charge in [-0.3, -0.25) is 19.2 Å². The summed E-state index contributed by atoms with van der Waals surface area (Å²) in [4.78, 5) is 60.5. The van der Waals surface area contributed by atoms with Gasteiger partial charge in [-0.1, -0.05) is 44.2 Å². The van der Waals surface area contributed by atoms with Crippen LogP contribution in [0.5, 0.6) is 0 Å². The lowest BCUT2D eigenvalue weighted by Gasteiger charge is -2.25. The number of nitrogens with one attached hydrogen (secondary N) is 3. The van der Waals surface area contributed by atoms with Crippen molar-refractivity contribution in [3.63, 3.8) is 0 Å². The number of amides is 4. The molecular weight excluding hydrogens is 462 g/mol. The normalized spacial score (nSPS) is 14.4. The molecule has 8 N–H and O–H groups in total. The third-order valence-corrected chi connectivity index (χ3v) is 5.37. The Hall–Kier alpha value is -3.12. The molecule has 0 heterocycles. The smallest absolute Gasteiger partial charge is 0.326 e. The fraction of sp³-hybridized carbons (Fsp3) is 0.500. The number of hydrogen-bond acceptors (Lipinski definition) is 7. The van der Waals surface area contributed by atoms with Crippen LogP contribution in [-0.4, -0.2) is 64.6 Å². The highest BCUT2D eigenvalue weighted by Crippen LogP contribution is 2.07. The summed E-state index contributed by atoms with van der Waals surface area (Å²) < 4.78 is 0. The third kappa shape index (κ3) is 9.79. The van der Waals surface area contributed by atoms with Gasteiger partial charge in [-0.25, -0.2) is 4.79 Å². The number of carboxylic acid groups (broad SMARTS) is 1. The Labute approximate surface area is 203 Å². The molecule has 0 aromatic heterocycles. The Bertz CT molecular complexity index is 867. The van der Waals surface area contributed by atoms with Gasteiger partial charge in [0.1, 0.15) is 18.1 Å². The maximum Gasteiger partial charge on any atom is 0.326 e. The molecule has 4 atom stereocenters. The van der Waals surface area contributed by atoms with Gasteiger partial charge in [0.05, 0.1) is 6.04 Å².